The van der Waals surface area contributed by atoms with E-state index in [1.54, 1.807) is 6.92 Å². The van der Waals surface area contributed by atoms with E-state index in [2.05, 4.69) is 5.32 Å². The fourth-order valence-electron chi connectivity index (χ4n) is 2.84. The van der Waals surface area contributed by atoms with Gasteiger partial charge in [0.25, 0.3) is 5.91 Å². The van der Waals surface area contributed by atoms with E-state index >= 15 is 0 Å². The van der Waals surface area contributed by atoms with Gasteiger partial charge in [-0.05, 0) is 30.5 Å². The highest BCUT2D eigenvalue weighted by Gasteiger charge is 2.44. The van der Waals surface area contributed by atoms with E-state index in [-0.39, 0.29) is 16.7 Å². The molecule has 2 aromatic rings. The molecule has 1 heterocycles. The van der Waals surface area contributed by atoms with Gasteiger partial charge in [-0.3, -0.25) is 4.79 Å². The highest BCUT2D eigenvalue weighted by Crippen LogP contribution is 2.47. The number of carboxylic acids is 1. The third-order valence-electron chi connectivity index (χ3n) is 4.48. The summed E-state index contributed by atoms with van der Waals surface area (Å²) in [7, 11) is 0. The van der Waals surface area contributed by atoms with E-state index < -0.39 is 11.9 Å². The van der Waals surface area contributed by atoms with Crippen LogP contribution in [0.5, 0.6) is 0 Å². The summed E-state index contributed by atoms with van der Waals surface area (Å²) in [4.78, 5) is 23.4. The van der Waals surface area contributed by atoms with Gasteiger partial charge in [-0.15, -0.1) is 0 Å². The van der Waals surface area contributed by atoms with E-state index in [9.17, 15) is 9.59 Å². The van der Waals surface area contributed by atoms with Gasteiger partial charge in [0.1, 0.15) is 11.3 Å². The van der Waals surface area contributed by atoms with Crippen molar-refractivity contribution in [3.05, 3.63) is 58.0 Å². The van der Waals surface area contributed by atoms with E-state index in [4.69, 9.17) is 21.1 Å². The number of rotatable bonds is 6. The number of aryl methyl sites for hydroxylation is 1. The van der Waals surface area contributed by atoms with Gasteiger partial charge in [0.2, 0.25) is 0 Å². The quantitative estimate of drug-likeness (QED) is 0.835. The summed E-state index contributed by atoms with van der Waals surface area (Å²) in [6.45, 7) is 2.27. The Hall–Kier alpha value is -2.27. The molecule has 0 bridgehead atoms. The van der Waals surface area contributed by atoms with Crippen molar-refractivity contribution in [2.24, 2.45) is 0 Å². The minimum atomic E-state index is -1.09. The van der Waals surface area contributed by atoms with Crippen molar-refractivity contribution in [2.45, 2.75) is 31.6 Å². The summed E-state index contributed by atoms with van der Waals surface area (Å²) < 4.78 is 5.38. The average molecular weight is 348 g/mol. The molecule has 2 N–H and O–H groups in total. The van der Waals surface area contributed by atoms with Gasteiger partial charge in [-0.25, -0.2) is 4.79 Å². The topological polar surface area (TPSA) is 79.5 Å². The number of amides is 1. The molecule has 0 spiro atoms. The van der Waals surface area contributed by atoms with Crippen molar-refractivity contribution in [1.29, 1.82) is 0 Å². The lowest BCUT2D eigenvalue weighted by Gasteiger charge is -2.16. The Labute approximate surface area is 144 Å². The number of carboxylic acid groups (broad SMARTS) is 1. The predicted molar refractivity (Wildman–Crippen MR) is 89.7 cm³/mol. The third-order valence-corrected chi connectivity index (χ3v) is 4.73. The molecule has 0 saturated heterocycles. The molecule has 1 amide bonds. The maximum atomic E-state index is 12.3. The van der Waals surface area contributed by atoms with Crippen LogP contribution < -0.4 is 5.32 Å². The summed E-state index contributed by atoms with van der Waals surface area (Å²) in [5.41, 5.74) is 1.13. The van der Waals surface area contributed by atoms with Crippen LogP contribution in [-0.4, -0.2) is 23.5 Å². The molecule has 0 aliphatic heterocycles. The lowest BCUT2D eigenvalue weighted by atomic mass is 9.96. The Morgan fingerprint density at radius 3 is 2.46 bits per heavy atom. The molecule has 0 unspecified atom stereocenters. The zero-order chi connectivity index (χ0) is 17.3. The highest BCUT2D eigenvalue weighted by atomic mass is 35.5. The Morgan fingerprint density at radius 1 is 1.29 bits per heavy atom. The second kappa shape index (κ2) is 6.32. The first-order valence-corrected chi connectivity index (χ1v) is 8.23. The largest absolute Gasteiger partial charge is 0.478 e. The molecule has 1 aliphatic carbocycles. The minimum Gasteiger partial charge on any atom is -0.478 e. The first kappa shape index (κ1) is 16.6. The molecule has 5 nitrogen and oxygen atoms in total. The van der Waals surface area contributed by atoms with E-state index in [1.807, 2.05) is 24.3 Å². The lowest BCUT2D eigenvalue weighted by Crippen LogP contribution is -2.32. The van der Waals surface area contributed by atoms with Crippen molar-refractivity contribution < 1.29 is 19.1 Å². The SMILES string of the molecule is CCc1oc(C(=O)NCC2(c3ccc(Cl)cc3)CC2)cc1C(=O)O. The average Bonchev–Trinajstić information content (AvgIpc) is 3.22. The van der Waals surface area contributed by atoms with E-state index in [1.165, 1.54) is 6.07 Å². The predicted octanol–water partition coefficient (Wildman–Crippen LogP) is 3.66. The van der Waals surface area contributed by atoms with Crippen molar-refractivity contribution in [3.63, 3.8) is 0 Å². The van der Waals surface area contributed by atoms with Crippen LogP contribution in [0.2, 0.25) is 5.02 Å². The number of carbonyl (C=O) groups is 2. The number of hydrogen-bond donors (Lipinski definition) is 2. The Kier molecular flexibility index (Phi) is 4.37. The van der Waals surface area contributed by atoms with Gasteiger partial charge in [0.05, 0.1) is 0 Å². The Morgan fingerprint density at radius 2 is 1.96 bits per heavy atom. The maximum absolute atomic E-state index is 12.3. The Balaban J connectivity index is 1.70. The zero-order valence-corrected chi connectivity index (χ0v) is 14.0. The Bertz CT molecular complexity index is 775. The van der Waals surface area contributed by atoms with Crippen molar-refractivity contribution in [3.8, 4) is 0 Å². The molecule has 0 radical (unpaired) electrons. The molecule has 126 valence electrons. The van der Waals surface area contributed by atoms with Crippen LogP contribution in [0.15, 0.2) is 34.7 Å². The lowest BCUT2D eigenvalue weighted by molar-refractivity contribution is 0.0694. The van der Waals surface area contributed by atoms with Gasteiger partial charge in [-0.1, -0.05) is 30.7 Å². The molecule has 3 rings (SSSR count). The number of aromatic carboxylic acids is 1. The molecule has 1 saturated carbocycles. The molecular weight excluding hydrogens is 330 g/mol. The maximum Gasteiger partial charge on any atom is 0.339 e. The summed E-state index contributed by atoms with van der Waals surface area (Å²) in [5, 5.41) is 12.7. The number of furan rings is 1. The summed E-state index contributed by atoms with van der Waals surface area (Å²) in [6, 6.07) is 8.94. The van der Waals surface area contributed by atoms with Gasteiger partial charge < -0.3 is 14.8 Å². The molecule has 1 aromatic heterocycles. The number of benzene rings is 1. The van der Waals surface area contributed by atoms with Gasteiger partial charge in [0.15, 0.2) is 5.76 Å². The number of carbonyl (C=O) groups excluding carboxylic acids is 1. The smallest absolute Gasteiger partial charge is 0.339 e. The fraction of sp³-hybridized carbons (Fsp3) is 0.333. The number of halogens is 1. The minimum absolute atomic E-state index is 0.0381. The summed E-state index contributed by atoms with van der Waals surface area (Å²) in [6.07, 6.45) is 2.41. The molecule has 1 aromatic carbocycles. The first-order valence-electron chi connectivity index (χ1n) is 7.85. The molecule has 6 heteroatoms. The van der Waals surface area contributed by atoms with Crippen LogP contribution in [0.3, 0.4) is 0 Å². The van der Waals surface area contributed by atoms with E-state index in [0.717, 1.165) is 18.4 Å². The van der Waals surface area contributed by atoms with Crippen LogP contribution in [0.1, 0.15) is 52.0 Å². The standard InChI is InChI=1S/C18H18ClNO4/c1-2-14-13(17(22)23)9-15(24-14)16(21)20-10-18(7-8-18)11-3-5-12(19)6-4-11/h3-6,9H,2,7-8,10H2,1H3,(H,20,21)(H,22,23). The van der Waals surface area contributed by atoms with Crippen LogP contribution in [0.25, 0.3) is 0 Å². The second-order valence-corrected chi connectivity index (χ2v) is 6.51. The van der Waals surface area contributed by atoms with Crippen molar-refractivity contribution in [2.75, 3.05) is 6.54 Å². The normalized spacial score (nSPS) is 15.1. The highest BCUT2D eigenvalue weighted by molar-refractivity contribution is 6.30. The van der Waals surface area contributed by atoms with Crippen molar-refractivity contribution >= 4 is 23.5 Å². The molecular formula is C18H18ClNO4. The number of hydrogen-bond acceptors (Lipinski definition) is 3. The molecule has 1 aliphatic rings. The van der Waals surface area contributed by atoms with E-state index in [0.29, 0.717) is 23.7 Å². The molecule has 24 heavy (non-hydrogen) atoms. The summed E-state index contributed by atoms with van der Waals surface area (Å²) >= 11 is 5.92. The van der Waals surface area contributed by atoms with Crippen LogP contribution in [0.4, 0.5) is 0 Å². The van der Waals surface area contributed by atoms with Gasteiger partial charge in [0, 0.05) is 29.5 Å². The summed E-state index contributed by atoms with van der Waals surface area (Å²) in [5.74, 6) is -1.13. The zero-order valence-electron chi connectivity index (χ0n) is 13.3. The van der Waals surface area contributed by atoms with Crippen LogP contribution in [0, 0.1) is 0 Å². The first-order chi connectivity index (χ1) is 11.4. The van der Waals surface area contributed by atoms with Crippen LogP contribution >= 0.6 is 11.6 Å². The molecule has 1 fully saturated rings. The third kappa shape index (κ3) is 3.17. The van der Waals surface area contributed by atoms with Crippen molar-refractivity contribution in [1.82, 2.24) is 5.32 Å². The fourth-order valence-corrected chi connectivity index (χ4v) is 2.97. The monoisotopic (exact) mass is 347 g/mol. The number of nitrogens with one attached hydrogen (secondary N) is 1. The van der Waals surface area contributed by atoms with Gasteiger partial charge >= 0.3 is 5.97 Å². The van der Waals surface area contributed by atoms with Crippen LogP contribution in [-0.2, 0) is 11.8 Å². The second-order valence-electron chi connectivity index (χ2n) is 6.08. The van der Waals surface area contributed by atoms with Gasteiger partial charge in [-0.2, -0.15) is 0 Å². The molecule has 0 atom stereocenters.